The average molecular weight is 269 g/mol. The van der Waals surface area contributed by atoms with Gasteiger partial charge < -0.3 is 23.8 Å². The van der Waals surface area contributed by atoms with Crippen LogP contribution in [0, 0.1) is 0 Å². The molecule has 0 saturated carbocycles. The molecule has 1 aromatic carbocycles. The molecule has 0 aromatic heterocycles. The molecule has 0 bridgehead atoms. The topological polar surface area (TPSA) is 57.2 Å². The molecule has 0 atom stereocenters. The van der Waals surface area contributed by atoms with Gasteiger partial charge in [0.15, 0.2) is 18.3 Å². The van der Waals surface area contributed by atoms with E-state index >= 15 is 0 Å². The molecule has 0 unspecified atom stereocenters. The van der Waals surface area contributed by atoms with E-state index in [0.29, 0.717) is 22.8 Å². The minimum absolute atomic E-state index is 0.0547. The van der Waals surface area contributed by atoms with E-state index in [9.17, 15) is 4.79 Å². The zero-order valence-electron chi connectivity index (χ0n) is 11.9. The maximum atomic E-state index is 12.0. The van der Waals surface area contributed by atoms with Crippen molar-refractivity contribution in [3.05, 3.63) is 17.7 Å². The van der Waals surface area contributed by atoms with Crippen LogP contribution in [0.3, 0.4) is 0 Å². The Morgan fingerprint density at radius 2 is 1.74 bits per heavy atom. The normalized spacial score (nSPS) is 9.95. The van der Waals surface area contributed by atoms with Crippen molar-refractivity contribution in [2.24, 2.45) is 0 Å². The van der Waals surface area contributed by atoms with Gasteiger partial charge in [0, 0.05) is 26.8 Å². The van der Waals surface area contributed by atoms with Gasteiger partial charge in [0.1, 0.15) is 0 Å². The van der Waals surface area contributed by atoms with Crippen molar-refractivity contribution in [1.82, 2.24) is 4.90 Å². The van der Waals surface area contributed by atoms with Crippen LogP contribution in [-0.4, -0.2) is 53.0 Å². The largest absolute Gasteiger partial charge is 0.493 e. The monoisotopic (exact) mass is 269 g/mol. The molecule has 0 aliphatic rings. The molecule has 6 nitrogen and oxygen atoms in total. The van der Waals surface area contributed by atoms with Gasteiger partial charge in [-0.1, -0.05) is 0 Å². The lowest BCUT2D eigenvalue weighted by Crippen LogP contribution is -2.21. The summed E-state index contributed by atoms with van der Waals surface area (Å²) >= 11 is 0. The molecule has 0 aliphatic carbocycles. The van der Waals surface area contributed by atoms with Crippen molar-refractivity contribution in [2.45, 2.75) is 0 Å². The molecule has 1 aromatic rings. The Kier molecular flexibility index (Phi) is 5.44. The Balaban J connectivity index is 3.25. The van der Waals surface area contributed by atoms with E-state index in [0.717, 1.165) is 0 Å². The molecule has 6 heteroatoms. The fraction of sp³-hybridized carbons (Fsp3) is 0.462. The summed E-state index contributed by atoms with van der Waals surface area (Å²) in [5.74, 6) is 1.10. The predicted molar refractivity (Wildman–Crippen MR) is 70.1 cm³/mol. The molecule has 0 N–H and O–H groups in total. The maximum absolute atomic E-state index is 12.0. The molecule has 0 fully saturated rings. The molecule has 0 saturated heterocycles. The third-order valence-corrected chi connectivity index (χ3v) is 2.43. The van der Waals surface area contributed by atoms with E-state index in [1.165, 1.54) is 26.2 Å². The summed E-state index contributed by atoms with van der Waals surface area (Å²) < 4.78 is 20.7. The van der Waals surface area contributed by atoms with Crippen molar-refractivity contribution in [3.8, 4) is 17.2 Å². The van der Waals surface area contributed by atoms with Gasteiger partial charge in [-0.15, -0.1) is 0 Å². The van der Waals surface area contributed by atoms with E-state index in [2.05, 4.69) is 0 Å². The Morgan fingerprint density at radius 3 is 2.21 bits per heavy atom. The quantitative estimate of drug-likeness (QED) is 0.730. The number of amides is 1. The van der Waals surface area contributed by atoms with Gasteiger partial charge in [-0.2, -0.15) is 0 Å². The highest BCUT2D eigenvalue weighted by atomic mass is 16.7. The molecule has 0 radical (unpaired) electrons. The second-order valence-corrected chi connectivity index (χ2v) is 3.96. The van der Waals surface area contributed by atoms with Crippen LogP contribution in [0.5, 0.6) is 17.2 Å². The zero-order valence-corrected chi connectivity index (χ0v) is 11.9. The first kappa shape index (κ1) is 15.1. The summed E-state index contributed by atoms with van der Waals surface area (Å²) in [6, 6.07) is 3.21. The van der Waals surface area contributed by atoms with E-state index in [-0.39, 0.29) is 12.7 Å². The average Bonchev–Trinajstić information content (AvgIpc) is 2.42. The Bertz CT molecular complexity index is 445. The maximum Gasteiger partial charge on any atom is 0.253 e. The van der Waals surface area contributed by atoms with Crippen LogP contribution in [0.25, 0.3) is 0 Å². The Labute approximate surface area is 112 Å². The third-order valence-electron chi connectivity index (χ3n) is 2.43. The number of carbonyl (C=O) groups is 1. The summed E-state index contributed by atoms with van der Waals surface area (Å²) in [7, 11) is 7.87. The fourth-order valence-corrected chi connectivity index (χ4v) is 1.54. The van der Waals surface area contributed by atoms with Crippen LogP contribution in [-0.2, 0) is 4.74 Å². The summed E-state index contributed by atoms with van der Waals surface area (Å²) in [6.45, 7) is 0.0547. The van der Waals surface area contributed by atoms with E-state index in [1.54, 1.807) is 26.2 Å². The van der Waals surface area contributed by atoms with Crippen LogP contribution < -0.4 is 14.2 Å². The van der Waals surface area contributed by atoms with Crippen LogP contribution in [0.15, 0.2) is 12.1 Å². The van der Waals surface area contributed by atoms with Crippen molar-refractivity contribution >= 4 is 5.91 Å². The van der Waals surface area contributed by atoms with Crippen LogP contribution >= 0.6 is 0 Å². The van der Waals surface area contributed by atoms with Crippen molar-refractivity contribution in [3.63, 3.8) is 0 Å². The van der Waals surface area contributed by atoms with Gasteiger partial charge in [-0.05, 0) is 12.1 Å². The van der Waals surface area contributed by atoms with Crippen LogP contribution in [0.2, 0.25) is 0 Å². The molecule has 1 rings (SSSR count). The summed E-state index contributed by atoms with van der Waals surface area (Å²) in [4.78, 5) is 13.5. The van der Waals surface area contributed by atoms with E-state index < -0.39 is 0 Å². The first-order valence-electron chi connectivity index (χ1n) is 5.64. The number of benzene rings is 1. The third kappa shape index (κ3) is 3.51. The highest BCUT2D eigenvalue weighted by Gasteiger charge is 2.18. The lowest BCUT2D eigenvalue weighted by atomic mass is 10.1. The van der Waals surface area contributed by atoms with Gasteiger partial charge in [0.25, 0.3) is 5.91 Å². The lowest BCUT2D eigenvalue weighted by Gasteiger charge is -2.16. The second-order valence-electron chi connectivity index (χ2n) is 3.96. The smallest absolute Gasteiger partial charge is 0.253 e. The highest BCUT2D eigenvalue weighted by Crippen LogP contribution is 2.38. The number of rotatable bonds is 6. The summed E-state index contributed by atoms with van der Waals surface area (Å²) in [5, 5.41) is 0. The number of nitrogens with zero attached hydrogens (tertiary/aromatic N) is 1. The van der Waals surface area contributed by atoms with Crippen molar-refractivity contribution < 1.29 is 23.7 Å². The molecular formula is C13H19NO5. The number of ether oxygens (including phenoxy) is 4. The lowest BCUT2D eigenvalue weighted by molar-refractivity contribution is 0.0487. The first-order valence-corrected chi connectivity index (χ1v) is 5.64. The van der Waals surface area contributed by atoms with Gasteiger partial charge in [0.2, 0.25) is 5.75 Å². The summed E-state index contributed by atoms with van der Waals surface area (Å²) in [5.41, 5.74) is 0.453. The number of carbonyl (C=O) groups excluding carboxylic acids is 1. The van der Waals surface area contributed by atoms with Crippen molar-refractivity contribution in [1.29, 1.82) is 0 Å². The fourth-order valence-electron chi connectivity index (χ4n) is 1.54. The zero-order chi connectivity index (χ0) is 14.4. The first-order chi connectivity index (χ1) is 9.04. The van der Waals surface area contributed by atoms with Gasteiger partial charge >= 0.3 is 0 Å². The molecular weight excluding hydrogens is 250 g/mol. The number of hydrogen-bond acceptors (Lipinski definition) is 5. The van der Waals surface area contributed by atoms with Crippen LogP contribution in [0.4, 0.5) is 0 Å². The SMILES string of the molecule is COCOc1cc(C(=O)N(C)C)cc(OC)c1OC. The standard InChI is InChI=1S/C13H19NO5/c1-14(2)13(15)9-6-10(17-4)12(18-5)11(7-9)19-8-16-3/h6-7H,8H2,1-5H3. The molecule has 19 heavy (non-hydrogen) atoms. The highest BCUT2D eigenvalue weighted by molar-refractivity contribution is 5.95. The minimum Gasteiger partial charge on any atom is -0.493 e. The van der Waals surface area contributed by atoms with Crippen molar-refractivity contribution in [2.75, 3.05) is 42.2 Å². The molecule has 1 amide bonds. The second kappa shape index (κ2) is 6.84. The number of methoxy groups -OCH3 is 3. The summed E-state index contributed by atoms with van der Waals surface area (Å²) in [6.07, 6.45) is 0. The Hall–Kier alpha value is -1.95. The van der Waals surface area contributed by atoms with Gasteiger partial charge in [-0.3, -0.25) is 4.79 Å². The van der Waals surface area contributed by atoms with Gasteiger partial charge in [-0.25, -0.2) is 0 Å². The number of hydrogen-bond donors (Lipinski definition) is 0. The molecule has 0 heterocycles. The molecule has 0 spiro atoms. The minimum atomic E-state index is -0.150. The van der Waals surface area contributed by atoms with E-state index in [4.69, 9.17) is 18.9 Å². The molecule has 106 valence electrons. The van der Waals surface area contributed by atoms with Crippen LogP contribution in [0.1, 0.15) is 10.4 Å². The van der Waals surface area contributed by atoms with Gasteiger partial charge in [0.05, 0.1) is 14.2 Å². The Morgan fingerprint density at radius 1 is 1.11 bits per heavy atom. The molecule has 0 aliphatic heterocycles. The predicted octanol–water partition coefficient (Wildman–Crippen LogP) is 1.39. The van der Waals surface area contributed by atoms with E-state index in [1.807, 2.05) is 0 Å².